The van der Waals surface area contributed by atoms with Crippen LogP contribution in [0.5, 0.6) is 0 Å². The van der Waals surface area contributed by atoms with E-state index in [1.54, 1.807) is 4.70 Å². The molecule has 3 heterocycles. The molecule has 3 aliphatic rings. The Morgan fingerprint density at radius 3 is 0.708 bits per heavy atom. The number of hydrogen-bond donors (Lipinski definition) is 0. The van der Waals surface area contributed by atoms with Crippen LogP contribution in [0.25, 0.3) is 50.8 Å². The molecule has 0 fully saturated rings. The van der Waals surface area contributed by atoms with Crippen molar-refractivity contribution in [3.63, 3.8) is 0 Å². The summed E-state index contributed by atoms with van der Waals surface area (Å²) in [4.78, 5) is 0. The average Bonchev–Trinajstić information content (AvgIpc) is 1.60. The summed E-state index contributed by atoms with van der Waals surface area (Å²) in [5.41, 5.74) is 59.2. The van der Waals surface area contributed by atoms with E-state index in [9.17, 15) is 16.6 Å². The second-order valence-electron chi connectivity index (χ2n) is 34.1. The summed E-state index contributed by atoms with van der Waals surface area (Å²) in [6.07, 6.45) is 62.6. The van der Waals surface area contributed by atoms with Crippen molar-refractivity contribution < 1.29 is 43.0 Å². The van der Waals surface area contributed by atoms with Crippen LogP contribution in [0, 0.1) is 0 Å². The van der Waals surface area contributed by atoms with Crippen LogP contribution in [0.1, 0.15) is 421 Å². The van der Waals surface area contributed by atoms with Crippen LogP contribution in [0.4, 0.5) is 0 Å². The van der Waals surface area contributed by atoms with Gasteiger partial charge in [0.2, 0.25) is 34.2 Å². The minimum atomic E-state index is 0.861. The molecule has 3 aliphatic heterocycles. The van der Waals surface area contributed by atoms with E-state index in [2.05, 4.69) is 255 Å². The number of allylic oxidation sites excluding steroid dienone is 6. The molecular weight excluding hydrogens is 1550 g/mol. The van der Waals surface area contributed by atoms with Gasteiger partial charge in [0.05, 0.1) is 0 Å². The van der Waals surface area contributed by atoms with Gasteiger partial charge in [-0.25, -0.2) is 14.1 Å². The predicted molar refractivity (Wildman–Crippen MR) is 519 cm³/mol. The Hall–Kier alpha value is -6.45. The van der Waals surface area contributed by atoms with E-state index in [0.29, 0.717) is 0 Å². The number of nitrogens with zero attached hydrogens (tertiary/aromatic N) is 6. The SMILES string of the molecule is CCCCCCCCC1=C(c2cccc(CCCC)c2)[N+](=[N-])C(c2cccc(CCCC)c2)=C1CCCCCC.CCCCCCC[CH2][Ni][CH2]CCCCCCC.CCCCc1cccc(C2=CC(C)=C(c3cccc(CCCC)c3)[N+]2=[N-])c1.CCCCc1cccc(C2=CC(C)=C(c3cccc(CCCC)c3)[N+]2=[N-])c1.CCC[CH2][Ni][CH2]CCC. The first-order chi connectivity index (χ1) is 58.7. The fourth-order valence-corrected chi connectivity index (χ4v) is 18.6. The summed E-state index contributed by atoms with van der Waals surface area (Å²) >= 11 is 3.95. The Morgan fingerprint density at radius 2 is 0.433 bits per heavy atom. The van der Waals surface area contributed by atoms with Crippen molar-refractivity contribution in [2.45, 2.75) is 414 Å². The van der Waals surface area contributed by atoms with Gasteiger partial charge in [-0.1, -0.05) is 218 Å². The molecule has 0 radical (unpaired) electrons. The van der Waals surface area contributed by atoms with E-state index >= 15 is 0 Å². The third-order valence-corrected chi connectivity index (χ3v) is 26.0. The standard InChI is InChI=1S/C38H56N2.2C25H30N2.2C8H17.2C4H9.2Ni/c1-5-9-13-15-16-18-28-36-35(27-17-14-10-6-2)37(33-25-19-23-31(29-33)21-11-7-3)40(39)38(36)34-26-20-24-32(30-34)22-12-8-4;2*1-4-6-10-20-12-8-14-22(17-20)24-16-19(3)25(27(24)26)23-15-9-13-21(18-23)11-7-5-2;2*1-3-5-7-8-6-4-2;2*1-3-4-2;;/h19-20,23-26,29-30H,5-18,21-22,27-28H2,1-4H3;2*8-9,12-18H,4-7,10-11H2,1-3H3;2*1,3-8H2,2H3;2*1,3-4H2,2H3;;. The van der Waals surface area contributed by atoms with Crippen LogP contribution in [0.15, 0.2) is 180 Å². The molecule has 0 amide bonds. The second-order valence-corrected chi connectivity index (χ2v) is 37.0. The Bertz CT molecular complexity index is 3910. The van der Waals surface area contributed by atoms with Gasteiger partial charge in [-0.15, -0.1) is 0 Å². The molecular formula is C112H168N6Ni2. The molecule has 0 aliphatic carbocycles. The van der Waals surface area contributed by atoms with Crippen LogP contribution >= 0.6 is 0 Å². The third kappa shape index (κ3) is 38.8. The van der Waals surface area contributed by atoms with Gasteiger partial charge in [-0.2, -0.15) is 0 Å². The summed E-state index contributed by atoms with van der Waals surface area (Å²) in [5.74, 6) is 0. The Balaban J connectivity index is 0.000000284. The van der Waals surface area contributed by atoms with Crippen molar-refractivity contribution >= 4 is 34.2 Å². The van der Waals surface area contributed by atoms with Crippen molar-refractivity contribution in [2.75, 3.05) is 0 Å². The van der Waals surface area contributed by atoms with E-state index in [-0.39, 0.29) is 0 Å². The number of unbranched alkanes of at least 4 members (excludes halogenated alkanes) is 26. The van der Waals surface area contributed by atoms with E-state index in [1.165, 1.54) is 331 Å². The molecule has 0 spiro atoms. The van der Waals surface area contributed by atoms with Gasteiger partial charge in [0, 0.05) is 67.8 Å². The quantitative estimate of drug-likeness (QED) is 0.0207. The molecule has 0 N–H and O–H groups in total. The molecule has 0 saturated heterocycles. The molecule has 8 heteroatoms. The molecule has 0 saturated carbocycles. The first-order valence-electron chi connectivity index (χ1n) is 49.0. The zero-order chi connectivity index (χ0) is 86.6. The fraction of sp³-hybridized carbons (Fsp3) is 0.571. The molecule has 6 nitrogen and oxygen atoms in total. The van der Waals surface area contributed by atoms with Crippen LogP contribution in [-0.2, 0) is 67.4 Å². The van der Waals surface area contributed by atoms with E-state index in [4.69, 9.17) is 0 Å². The topological polar surface area (TPSA) is 75.9 Å². The molecule has 6 aromatic carbocycles. The van der Waals surface area contributed by atoms with Crippen molar-refractivity contribution in [3.8, 4) is 0 Å². The van der Waals surface area contributed by atoms with Gasteiger partial charge in [-0.05, 0) is 223 Å². The van der Waals surface area contributed by atoms with Crippen LogP contribution in [-0.4, -0.2) is 14.1 Å². The van der Waals surface area contributed by atoms with E-state index < -0.39 is 0 Å². The molecule has 0 aromatic heterocycles. The normalized spacial score (nSPS) is 13.2. The summed E-state index contributed by atoms with van der Waals surface area (Å²) in [6.45, 7) is 31.2. The molecule has 0 atom stereocenters. The molecule has 9 rings (SSSR count). The molecule has 666 valence electrons. The van der Waals surface area contributed by atoms with Crippen molar-refractivity contribution in [1.82, 2.24) is 0 Å². The van der Waals surface area contributed by atoms with Gasteiger partial charge < -0.3 is 16.6 Å². The fourth-order valence-electron chi connectivity index (χ4n) is 15.9. The van der Waals surface area contributed by atoms with Gasteiger partial charge >= 0.3 is 181 Å². The molecule has 6 aromatic rings. The van der Waals surface area contributed by atoms with Gasteiger partial charge in [0.1, 0.15) is 0 Å². The minimum absolute atomic E-state index is 0.861. The predicted octanol–water partition coefficient (Wildman–Crippen LogP) is 36.8. The Labute approximate surface area is 749 Å². The average molecular weight is 1720 g/mol. The molecule has 120 heavy (non-hydrogen) atoms. The van der Waals surface area contributed by atoms with E-state index in [1.807, 2.05) is 28.9 Å². The van der Waals surface area contributed by atoms with Crippen molar-refractivity contribution in [1.29, 1.82) is 0 Å². The van der Waals surface area contributed by atoms with Crippen molar-refractivity contribution in [3.05, 3.63) is 263 Å². The summed E-state index contributed by atoms with van der Waals surface area (Å²) in [7, 11) is 0. The maximum absolute atomic E-state index is 12.0. The third-order valence-electron chi connectivity index (χ3n) is 23.2. The number of hydrogen-bond acceptors (Lipinski definition) is 0. The Morgan fingerprint density at radius 1 is 0.217 bits per heavy atom. The number of rotatable bonds is 56. The first kappa shape index (κ1) is 104. The summed E-state index contributed by atoms with van der Waals surface area (Å²) in [6, 6.07) is 52.2. The van der Waals surface area contributed by atoms with E-state index in [0.717, 1.165) is 119 Å². The summed E-state index contributed by atoms with van der Waals surface area (Å²) < 4.78 is 4.32. The van der Waals surface area contributed by atoms with Gasteiger partial charge in [-0.3, -0.25) is 0 Å². The monoisotopic (exact) mass is 1710 g/mol. The first-order valence-corrected chi connectivity index (χ1v) is 51.8. The molecule has 0 unspecified atom stereocenters. The zero-order valence-electron chi connectivity index (χ0n) is 78.7. The van der Waals surface area contributed by atoms with Gasteiger partial charge in [0.25, 0.3) is 0 Å². The zero-order valence-corrected chi connectivity index (χ0v) is 80.7. The van der Waals surface area contributed by atoms with Crippen LogP contribution in [0.3, 0.4) is 0 Å². The maximum atomic E-state index is 12.0. The number of benzene rings is 6. The van der Waals surface area contributed by atoms with Gasteiger partial charge in [0.15, 0.2) is 0 Å². The van der Waals surface area contributed by atoms with Crippen LogP contribution < -0.4 is 0 Å². The van der Waals surface area contributed by atoms with Crippen LogP contribution in [0.2, 0.25) is 21.6 Å². The van der Waals surface area contributed by atoms with Crippen molar-refractivity contribution in [2.24, 2.45) is 0 Å². The molecule has 0 bridgehead atoms. The second kappa shape index (κ2) is 65.2. The number of aryl methyl sites for hydroxylation is 6. The summed E-state index contributed by atoms with van der Waals surface area (Å²) in [5, 5.41) is 5.63. The Kier molecular flexibility index (Phi) is 56.6.